The van der Waals surface area contributed by atoms with Crippen LogP contribution >= 0.6 is 0 Å². The third kappa shape index (κ3) is 1.56. The van der Waals surface area contributed by atoms with Crippen LogP contribution in [0.2, 0.25) is 0 Å². The Morgan fingerprint density at radius 1 is 1.31 bits per heavy atom. The van der Waals surface area contributed by atoms with Gasteiger partial charge in [-0.15, -0.1) is 0 Å². The van der Waals surface area contributed by atoms with Crippen molar-refractivity contribution >= 4 is 11.0 Å². The normalized spacial score (nSPS) is 10.8. The molecule has 2 N–H and O–H groups in total. The average molecular weight is 177 g/mol. The highest BCUT2D eigenvalue weighted by molar-refractivity contribution is 5.80. The third-order valence-corrected chi connectivity index (χ3v) is 2.05. The van der Waals surface area contributed by atoms with E-state index in [2.05, 4.69) is 4.84 Å². The summed E-state index contributed by atoms with van der Waals surface area (Å²) in [7, 11) is 0. The third-order valence-electron chi connectivity index (χ3n) is 2.05. The molecule has 0 radical (unpaired) electrons. The molecule has 68 valence electrons. The summed E-state index contributed by atoms with van der Waals surface area (Å²) in [6, 6.07) is 7.92. The highest BCUT2D eigenvalue weighted by atomic mass is 16.6. The summed E-state index contributed by atoms with van der Waals surface area (Å²) in [5.74, 6) is 4.96. The largest absolute Gasteiger partial charge is 0.464 e. The number of benzene rings is 1. The molecule has 1 heterocycles. The summed E-state index contributed by atoms with van der Waals surface area (Å²) in [5.41, 5.74) is 2.05. The van der Waals surface area contributed by atoms with E-state index in [0.29, 0.717) is 6.61 Å². The molecule has 2 rings (SSSR count). The Morgan fingerprint density at radius 3 is 3.00 bits per heavy atom. The molecule has 3 heteroatoms. The summed E-state index contributed by atoms with van der Waals surface area (Å²) < 4.78 is 5.35. The second-order valence-electron chi connectivity index (χ2n) is 2.88. The van der Waals surface area contributed by atoms with E-state index in [-0.39, 0.29) is 0 Å². The zero-order valence-electron chi connectivity index (χ0n) is 7.19. The second kappa shape index (κ2) is 3.60. The van der Waals surface area contributed by atoms with Crippen molar-refractivity contribution in [3.05, 3.63) is 36.1 Å². The Hall–Kier alpha value is -1.32. The van der Waals surface area contributed by atoms with Crippen LogP contribution in [0.3, 0.4) is 0 Å². The fraction of sp³-hybridized carbons (Fsp3) is 0.200. The van der Waals surface area contributed by atoms with Crippen molar-refractivity contribution < 1.29 is 9.25 Å². The predicted molar refractivity (Wildman–Crippen MR) is 50.1 cm³/mol. The van der Waals surface area contributed by atoms with Gasteiger partial charge in [0, 0.05) is 17.4 Å². The van der Waals surface area contributed by atoms with Gasteiger partial charge in [-0.05, 0) is 6.07 Å². The van der Waals surface area contributed by atoms with E-state index in [9.17, 15) is 0 Å². The number of furan rings is 1. The van der Waals surface area contributed by atoms with Crippen molar-refractivity contribution in [2.24, 2.45) is 5.90 Å². The minimum absolute atomic E-state index is 0.517. The maximum Gasteiger partial charge on any atom is 0.134 e. The second-order valence-corrected chi connectivity index (χ2v) is 2.88. The van der Waals surface area contributed by atoms with Gasteiger partial charge in [-0.2, -0.15) is 0 Å². The van der Waals surface area contributed by atoms with Crippen molar-refractivity contribution in [1.29, 1.82) is 0 Å². The summed E-state index contributed by atoms with van der Waals surface area (Å²) in [4.78, 5) is 4.52. The predicted octanol–water partition coefficient (Wildman–Crippen LogP) is 1.87. The molecule has 1 aromatic heterocycles. The SMILES string of the molecule is NOCCc1coc2ccccc12. The topological polar surface area (TPSA) is 48.4 Å². The number of para-hydroxylation sites is 1. The summed E-state index contributed by atoms with van der Waals surface area (Å²) in [6.07, 6.45) is 2.54. The maximum atomic E-state index is 5.35. The lowest BCUT2D eigenvalue weighted by Gasteiger charge is -1.95. The standard InChI is InChI=1S/C10H11NO2/c11-13-6-5-8-7-12-10-4-2-1-3-9(8)10/h1-4,7H,5-6,11H2. The zero-order chi connectivity index (χ0) is 9.10. The van der Waals surface area contributed by atoms with Gasteiger partial charge in [0.25, 0.3) is 0 Å². The molecule has 0 atom stereocenters. The van der Waals surface area contributed by atoms with E-state index in [0.717, 1.165) is 23.0 Å². The molecule has 0 amide bonds. The minimum atomic E-state index is 0.517. The first-order valence-electron chi connectivity index (χ1n) is 4.18. The zero-order valence-corrected chi connectivity index (χ0v) is 7.19. The van der Waals surface area contributed by atoms with Crippen LogP contribution in [0.25, 0.3) is 11.0 Å². The number of fused-ring (bicyclic) bond motifs is 1. The van der Waals surface area contributed by atoms with E-state index in [1.807, 2.05) is 24.3 Å². The average Bonchev–Trinajstić information content (AvgIpc) is 2.58. The molecule has 13 heavy (non-hydrogen) atoms. The van der Waals surface area contributed by atoms with E-state index >= 15 is 0 Å². The molecule has 0 aliphatic heterocycles. The highest BCUT2D eigenvalue weighted by Gasteiger charge is 2.03. The van der Waals surface area contributed by atoms with Gasteiger partial charge in [0.05, 0.1) is 12.9 Å². The summed E-state index contributed by atoms with van der Waals surface area (Å²) in [5, 5.41) is 1.14. The Kier molecular flexibility index (Phi) is 2.29. The molecule has 3 nitrogen and oxygen atoms in total. The monoisotopic (exact) mass is 177 g/mol. The van der Waals surface area contributed by atoms with Gasteiger partial charge in [-0.1, -0.05) is 18.2 Å². The van der Waals surface area contributed by atoms with Crippen molar-refractivity contribution in [3.63, 3.8) is 0 Å². The molecular weight excluding hydrogens is 166 g/mol. The number of nitrogens with two attached hydrogens (primary N) is 1. The molecule has 0 fully saturated rings. The van der Waals surface area contributed by atoms with Crippen LogP contribution in [0, 0.1) is 0 Å². The lowest BCUT2D eigenvalue weighted by Crippen LogP contribution is -2.03. The van der Waals surface area contributed by atoms with Crippen LogP contribution in [-0.2, 0) is 11.3 Å². The molecular formula is C10H11NO2. The molecule has 0 aliphatic carbocycles. The lowest BCUT2D eigenvalue weighted by atomic mass is 10.1. The smallest absolute Gasteiger partial charge is 0.134 e. The van der Waals surface area contributed by atoms with Crippen LogP contribution in [0.5, 0.6) is 0 Å². The van der Waals surface area contributed by atoms with Crippen molar-refractivity contribution in [2.75, 3.05) is 6.61 Å². The van der Waals surface area contributed by atoms with Gasteiger partial charge in [0.15, 0.2) is 0 Å². The Morgan fingerprint density at radius 2 is 2.15 bits per heavy atom. The van der Waals surface area contributed by atoms with Gasteiger partial charge in [0.2, 0.25) is 0 Å². The summed E-state index contributed by atoms with van der Waals surface area (Å²) in [6.45, 7) is 0.517. The minimum Gasteiger partial charge on any atom is -0.464 e. The molecule has 0 saturated carbocycles. The quantitative estimate of drug-likeness (QED) is 0.728. The van der Waals surface area contributed by atoms with Crippen LogP contribution in [0.1, 0.15) is 5.56 Å². The fourth-order valence-corrected chi connectivity index (χ4v) is 1.40. The number of hydrogen-bond acceptors (Lipinski definition) is 3. The molecule has 2 aromatic rings. The van der Waals surface area contributed by atoms with Crippen LogP contribution in [0.15, 0.2) is 34.9 Å². The van der Waals surface area contributed by atoms with Crippen LogP contribution in [-0.4, -0.2) is 6.61 Å². The molecule has 0 aliphatic rings. The van der Waals surface area contributed by atoms with Crippen molar-refractivity contribution in [2.45, 2.75) is 6.42 Å². The highest BCUT2D eigenvalue weighted by Crippen LogP contribution is 2.20. The van der Waals surface area contributed by atoms with E-state index in [1.165, 1.54) is 0 Å². The van der Waals surface area contributed by atoms with Gasteiger partial charge in [0.1, 0.15) is 5.58 Å². The van der Waals surface area contributed by atoms with E-state index in [4.69, 9.17) is 10.3 Å². The van der Waals surface area contributed by atoms with Crippen molar-refractivity contribution in [3.8, 4) is 0 Å². The Bertz CT molecular complexity index is 394. The maximum absolute atomic E-state index is 5.35. The van der Waals surface area contributed by atoms with Gasteiger partial charge in [-0.25, -0.2) is 5.90 Å². The van der Waals surface area contributed by atoms with Crippen LogP contribution < -0.4 is 5.90 Å². The van der Waals surface area contributed by atoms with E-state index < -0.39 is 0 Å². The first-order valence-corrected chi connectivity index (χ1v) is 4.18. The van der Waals surface area contributed by atoms with Crippen LogP contribution in [0.4, 0.5) is 0 Å². The summed E-state index contributed by atoms with van der Waals surface area (Å²) >= 11 is 0. The molecule has 0 bridgehead atoms. The first-order chi connectivity index (χ1) is 6.42. The molecule has 0 saturated heterocycles. The first kappa shape index (κ1) is 8.29. The van der Waals surface area contributed by atoms with Gasteiger partial charge >= 0.3 is 0 Å². The van der Waals surface area contributed by atoms with E-state index in [1.54, 1.807) is 6.26 Å². The molecule has 0 unspecified atom stereocenters. The molecule has 0 spiro atoms. The van der Waals surface area contributed by atoms with Crippen molar-refractivity contribution in [1.82, 2.24) is 0 Å². The molecule has 1 aromatic carbocycles. The number of rotatable bonds is 3. The van der Waals surface area contributed by atoms with Gasteiger partial charge in [-0.3, -0.25) is 0 Å². The van der Waals surface area contributed by atoms with Gasteiger partial charge < -0.3 is 9.25 Å². The fourth-order valence-electron chi connectivity index (χ4n) is 1.40. The lowest BCUT2D eigenvalue weighted by molar-refractivity contribution is 0.141. The Labute approximate surface area is 76.0 Å². The Balaban J connectivity index is 2.35. The number of hydrogen-bond donors (Lipinski definition) is 1.